The summed E-state index contributed by atoms with van der Waals surface area (Å²) in [5.41, 5.74) is 4.03. The predicted molar refractivity (Wildman–Crippen MR) is 103 cm³/mol. The molecule has 0 saturated heterocycles. The van der Waals surface area contributed by atoms with Crippen molar-refractivity contribution in [1.82, 2.24) is 0 Å². The summed E-state index contributed by atoms with van der Waals surface area (Å²) in [5, 5.41) is 6.75. The van der Waals surface area contributed by atoms with E-state index in [1.165, 1.54) is 17.7 Å². The molecule has 0 spiro atoms. The van der Waals surface area contributed by atoms with E-state index in [1.54, 1.807) is 6.07 Å². The zero-order chi connectivity index (χ0) is 17.2. The zero-order valence-electron chi connectivity index (χ0n) is 13.4. The van der Waals surface area contributed by atoms with Gasteiger partial charge in [0.2, 0.25) is 0 Å². The first-order valence-corrected chi connectivity index (χ1v) is 8.93. The van der Waals surface area contributed by atoms with Gasteiger partial charge in [-0.1, -0.05) is 64.5 Å². The molecule has 0 radical (unpaired) electrons. The topological polar surface area (TPSA) is 15.6 Å². The van der Waals surface area contributed by atoms with Crippen molar-refractivity contribution in [3.63, 3.8) is 0 Å². The highest BCUT2D eigenvalue weighted by atomic mass is 79.9. The van der Waals surface area contributed by atoms with E-state index in [-0.39, 0.29) is 11.9 Å². The maximum atomic E-state index is 13.7. The molecular weight excluding hydrogens is 379 g/mol. The number of hydrogen-bond donors (Lipinski definition) is 0. The molecule has 0 amide bonds. The second kappa shape index (κ2) is 6.81. The summed E-state index contributed by atoms with van der Waals surface area (Å²) in [6.07, 6.45) is 0.780. The molecule has 0 saturated carbocycles. The van der Waals surface area contributed by atoms with Gasteiger partial charge >= 0.3 is 0 Å². The smallest absolute Gasteiger partial charge is 0.125 e. The first kappa shape index (κ1) is 16.0. The molecule has 0 unspecified atom stereocenters. The number of benzene rings is 3. The van der Waals surface area contributed by atoms with E-state index in [2.05, 4.69) is 40.2 Å². The Morgan fingerprint density at radius 3 is 2.40 bits per heavy atom. The summed E-state index contributed by atoms with van der Waals surface area (Å²) in [6, 6.07) is 25.0. The average Bonchev–Trinajstić information content (AvgIpc) is 3.08. The van der Waals surface area contributed by atoms with Gasteiger partial charge in [-0.15, -0.1) is 0 Å². The predicted octanol–water partition coefficient (Wildman–Crippen LogP) is 5.94. The maximum Gasteiger partial charge on any atom is 0.125 e. The minimum absolute atomic E-state index is 0.0571. The van der Waals surface area contributed by atoms with E-state index < -0.39 is 0 Å². The Labute approximate surface area is 154 Å². The molecule has 4 rings (SSSR count). The molecule has 25 heavy (non-hydrogen) atoms. The first-order chi connectivity index (χ1) is 12.2. The Morgan fingerprint density at radius 2 is 1.68 bits per heavy atom. The van der Waals surface area contributed by atoms with Crippen LogP contribution >= 0.6 is 15.9 Å². The Bertz CT molecular complexity index is 907. The Balaban J connectivity index is 1.76. The van der Waals surface area contributed by atoms with Crippen molar-refractivity contribution in [2.24, 2.45) is 5.10 Å². The molecule has 1 heterocycles. The van der Waals surface area contributed by atoms with Gasteiger partial charge in [0.15, 0.2) is 0 Å². The fraction of sp³-hybridized carbons (Fsp3) is 0.0952. The van der Waals surface area contributed by atoms with E-state index in [4.69, 9.17) is 5.10 Å². The lowest BCUT2D eigenvalue weighted by Crippen LogP contribution is -2.18. The lowest BCUT2D eigenvalue weighted by Gasteiger charge is -2.24. The highest BCUT2D eigenvalue weighted by Gasteiger charge is 2.29. The van der Waals surface area contributed by atoms with Crippen molar-refractivity contribution in [2.75, 3.05) is 5.01 Å². The number of rotatable bonds is 3. The molecule has 1 aliphatic rings. The quantitative estimate of drug-likeness (QED) is 0.536. The van der Waals surface area contributed by atoms with Crippen LogP contribution in [0.15, 0.2) is 88.4 Å². The van der Waals surface area contributed by atoms with Gasteiger partial charge in [0.25, 0.3) is 0 Å². The Kier molecular flexibility index (Phi) is 4.36. The fourth-order valence-electron chi connectivity index (χ4n) is 3.12. The highest BCUT2D eigenvalue weighted by molar-refractivity contribution is 9.10. The third kappa shape index (κ3) is 3.35. The van der Waals surface area contributed by atoms with Crippen molar-refractivity contribution in [2.45, 2.75) is 12.5 Å². The van der Waals surface area contributed by atoms with Gasteiger partial charge in [-0.05, 0) is 41.5 Å². The van der Waals surface area contributed by atoms with Crippen LogP contribution in [0.4, 0.5) is 10.1 Å². The normalized spacial score (nSPS) is 16.8. The third-order valence-corrected chi connectivity index (χ3v) is 4.87. The largest absolute Gasteiger partial charge is 0.257 e. The number of hydrazone groups is 1. The lowest BCUT2D eigenvalue weighted by atomic mass is 9.98. The number of halogens is 2. The van der Waals surface area contributed by atoms with E-state index in [1.807, 2.05) is 41.4 Å². The zero-order valence-corrected chi connectivity index (χ0v) is 15.0. The second-order valence-corrected chi connectivity index (χ2v) is 6.92. The number of anilines is 1. The van der Waals surface area contributed by atoms with Crippen LogP contribution in [0, 0.1) is 5.82 Å². The molecule has 2 nitrogen and oxygen atoms in total. The van der Waals surface area contributed by atoms with Crippen LogP contribution in [-0.2, 0) is 0 Å². The van der Waals surface area contributed by atoms with Crippen molar-refractivity contribution >= 4 is 27.3 Å². The molecule has 3 aromatic rings. The van der Waals surface area contributed by atoms with Crippen LogP contribution in [-0.4, -0.2) is 5.71 Å². The Morgan fingerprint density at radius 1 is 0.920 bits per heavy atom. The summed E-state index contributed by atoms with van der Waals surface area (Å²) < 4.78 is 14.8. The second-order valence-electron chi connectivity index (χ2n) is 6.01. The summed E-state index contributed by atoms with van der Waals surface area (Å²) in [4.78, 5) is 0. The van der Waals surface area contributed by atoms with Gasteiger partial charge in [0.1, 0.15) is 5.82 Å². The van der Waals surface area contributed by atoms with Crippen molar-refractivity contribution in [1.29, 1.82) is 0 Å². The molecule has 0 bridgehead atoms. The van der Waals surface area contributed by atoms with Gasteiger partial charge in [0.05, 0.1) is 17.4 Å². The SMILES string of the molecule is Fc1cccc(N2N=C(c3ccc(Br)cc3)C[C@H]2c2ccccc2)c1. The van der Waals surface area contributed by atoms with E-state index in [0.29, 0.717) is 0 Å². The van der Waals surface area contributed by atoms with Gasteiger partial charge in [-0.2, -0.15) is 5.10 Å². The van der Waals surface area contributed by atoms with Crippen molar-refractivity contribution < 1.29 is 4.39 Å². The minimum Gasteiger partial charge on any atom is -0.257 e. The average molecular weight is 395 g/mol. The van der Waals surface area contributed by atoms with Crippen molar-refractivity contribution in [3.05, 3.63) is 100 Å². The molecule has 124 valence electrons. The molecule has 0 aliphatic carbocycles. The molecule has 1 aliphatic heterocycles. The summed E-state index contributed by atoms with van der Waals surface area (Å²) >= 11 is 3.47. The van der Waals surface area contributed by atoms with Crippen LogP contribution in [0.2, 0.25) is 0 Å². The molecular formula is C21H16BrFN2. The Hall–Kier alpha value is -2.46. The van der Waals surface area contributed by atoms with E-state index in [0.717, 1.165) is 27.9 Å². The van der Waals surface area contributed by atoms with Gasteiger partial charge in [-0.25, -0.2) is 4.39 Å². The van der Waals surface area contributed by atoms with Crippen LogP contribution in [0.25, 0.3) is 0 Å². The molecule has 0 aromatic heterocycles. The van der Waals surface area contributed by atoms with Crippen LogP contribution < -0.4 is 5.01 Å². The molecule has 0 N–H and O–H groups in total. The maximum absolute atomic E-state index is 13.7. The van der Waals surface area contributed by atoms with Gasteiger partial charge in [-0.3, -0.25) is 5.01 Å². The van der Waals surface area contributed by atoms with Crippen molar-refractivity contribution in [3.8, 4) is 0 Å². The van der Waals surface area contributed by atoms with Crippen LogP contribution in [0.5, 0.6) is 0 Å². The minimum atomic E-state index is -0.253. The van der Waals surface area contributed by atoms with Gasteiger partial charge < -0.3 is 0 Å². The van der Waals surface area contributed by atoms with E-state index >= 15 is 0 Å². The first-order valence-electron chi connectivity index (χ1n) is 8.14. The fourth-order valence-corrected chi connectivity index (χ4v) is 3.38. The van der Waals surface area contributed by atoms with Gasteiger partial charge in [0, 0.05) is 10.9 Å². The summed E-state index contributed by atoms with van der Waals surface area (Å²) in [6.45, 7) is 0. The monoisotopic (exact) mass is 394 g/mol. The number of hydrogen-bond acceptors (Lipinski definition) is 2. The summed E-state index contributed by atoms with van der Waals surface area (Å²) in [5.74, 6) is -0.253. The summed E-state index contributed by atoms with van der Waals surface area (Å²) in [7, 11) is 0. The third-order valence-electron chi connectivity index (χ3n) is 4.34. The lowest BCUT2D eigenvalue weighted by molar-refractivity contribution is 0.624. The molecule has 0 fully saturated rings. The highest BCUT2D eigenvalue weighted by Crippen LogP contribution is 2.36. The van der Waals surface area contributed by atoms with Crippen LogP contribution in [0.3, 0.4) is 0 Å². The van der Waals surface area contributed by atoms with Crippen LogP contribution in [0.1, 0.15) is 23.6 Å². The molecule has 3 aromatic carbocycles. The molecule has 1 atom stereocenters. The van der Waals surface area contributed by atoms with E-state index in [9.17, 15) is 4.39 Å². The standard InChI is InChI=1S/C21H16BrFN2/c22-17-11-9-15(10-12-17)20-14-21(16-5-2-1-3-6-16)25(24-20)19-8-4-7-18(23)13-19/h1-13,21H,14H2/t21-/m0/s1. The molecule has 4 heteroatoms. The number of nitrogens with zero attached hydrogens (tertiary/aromatic N) is 2.